The summed E-state index contributed by atoms with van der Waals surface area (Å²) in [6, 6.07) is 0. The molecule has 0 bridgehead atoms. The molecule has 0 saturated carbocycles. The van der Waals surface area contributed by atoms with Crippen LogP contribution in [0.5, 0.6) is 0 Å². The van der Waals surface area contributed by atoms with Crippen molar-refractivity contribution in [1.29, 1.82) is 0 Å². The maximum Gasteiger partial charge on any atom is 0.0928 e. The average Bonchev–Trinajstić information content (AvgIpc) is 2.86. The molecule has 0 aliphatic carbocycles. The number of rotatable bonds is 4. The zero-order valence-electron chi connectivity index (χ0n) is 9.62. The highest BCUT2D eigenvalue weighted by Gasteiger charge is 2.15. The molecule has 0 radical (unpaired) electrons. The van der Waals surface area contributed by atoms with Crippen LogP contribution in [-0.2, 0) is 6.42 Å². The Balaban J connectivity index is 1.82. The molecule has 2 nitrogen and oxygen atoms in total. The van der Waals surface area contributed by atoms with Crippen molar-refractivity contribution in [3.05, 3.63) is 16.1 Å². The van der Waals surface area contributed by atoms with Crippen molar-refractivity contribution in [3.63, 3.8) is 0 Å². The van der Waals surface area contributed by atoms with Gasteiger partial charge in [0, 0.05) is 5.38 Å². The molecule has 0 spiro atoms. The molecule has 1 saturated heterocycles. The Labute approximate surface area is 96.1 Å². The van der Waals surface area contributed by atoms with Gasteiger partial charge in [-0.1, -0.05) is 13.8 Å². The summed E-state index contributed by atoms with van der Waals surface area (Å²) in [5.74, 6) is 1.46. The van der Waals surface area contributed by atoms with Gasteiger partial charge in [0.1, 0.15) is 0 Å². The second-order valence-electron chi connectivity index (χ2n) is 4.72. The van der Waals surface area contributed by atoms with Crippen LogP contribution < -0.4 is 5.32 Å². The molecule has 15 heavy (non-hydrogen) atoms. The summed E-state index contributed by atoms with van der Waals surface area (Å²) in [6.45, 7) is 6.83. The monoisotopic (exact) mass is 224 g/mol. The van der Waals surface area contributed by atoms with Crippen molar-refractivity contribution < 1.29 is 0 Å². The van der Waals surface area contributed by atoms with Crippen molar-refractivity contribution in [2.24, 2.45) is 5.92 Å². The molecule has 0 amide bonds. The maximum absolute atomic E-state index is 4.67. The largest absolute Gasteiger partial charge is 0.316 e. The quantitative estimate of drug-likeness (QED) is 0.850. The fourth-order valence-electron chi connectivity index (χ4n) is 1.99. The van der Waals surface area contributed by atoms with Crippen LogP contribution >= 0.6 is 11.3 Å². The molecule has 1 N–H and O–H groups in total. The first-order chi connectivity index (χ1) is 7.25. The highest BCUT2D eigenvalue weighted by Crippen LogP contribution is 2.21. The fourth-order valence-corrected chi connectivity index (χ4v) is 2.97. The van der Waals surface area contributed by atoms with Crippen LogP contribution in [0.4, 0.5) is 0 Å². The zero-order chi connectivity index (χ0) is 10.7. The normalized spacial score (nSPS) is 21.4. The van der Waals surface area contributed by atoms with Gasteiger partial charge in [0.2, 0.25) is 0 Å². The maximum atomic E-state index is 4.67. The SMILES string of the molecule is CC(C)c1csc(CCC2CCNC2)n1. The summed E-state index contributed by atoms with van der Waals surface area (Å²) in [6.07, 6.45) is 3.82. The lowest BCUT2D eigenvalue weighted by Crippen LogP contribution is -2.09. The molecule has 1 aromatic heterocycles. The fraction of sp³-hybridized carbons (Fsp3) is 0.750. The van der Waals surface area contributed by atoms with E-state index in [0.29, 0.717) is 5.92 Å². The van der Waals surface area contributed by atoms with Gasteiger partial charge in [-0.2, -0.15) is 0 Å². The summed E-state index contributed by atoms with van der Waals surface area (Å²) >= 11 is 1.83. The molecule has 1 aromatic rings. The van der Waals surface area contributed by atoms with Crippen LogP contribution in [0.2, 0.25) is 0 Å². The molecule has 84 valence electrons. The van der Waals surface area contributed by atoms with Gasteiger partial charge in [-0.15, -0.1) is 11.3 Å². The van der Waals surface area contributed by atoms with Gasteiger partial charge in [0.15, 0.2) is 0 Å². The van der Waals surface area contributed by atoms with E-state index in [1.807, 2.05) is 11.3 Å². The zero-order valence-corrected chi connectivity index (χ0v) is 10.4. The summed E-state index contributed by atoms with van der Waals surface area (Å²) < 4.78 is 0. The highest BCUT2D eigenvalue weighted by atomic mass is 32.1. The molecule has 1 unspecified atom stereocenters. The topological polar surface area (TPSA) is 24.9 Å². The van der Waals surface area contributed by atoms with Crippen LogP contribution in [0.3, 0.4) is 0 Å². The lowest BCUT2D eigenvalue weighted by molar-refractivity contribution is 0.531. The molecular formula is C12H20N2S. The summed E-state index contributed by atoms with van der Waals surface area (Å²) in [4.78, 5) is 4.67. The van der Waals surface area contributed by atoms with Gasteiger partial charge in [-0.3, -0.25) is 0 Å². The van der Waals surface area contributed by atoms with E-state index in [9.17, 15) is 0 Å². The minimum Gasteiger partial charge on any atom is -0.316 e. The molecule has 2 heterocycles. The van der Waals surface area contributed by atoms with E-state index in [0.717, 1.165) is 5.92 Å². The van der Waals surface area contributed by atoms with Crippen LogP contribution in [0.15, 0.2) is 5.38 Å². The Morgan fingerprint density at radius 3 is 3.07 bits per heavy atom. The smallest absolute Gasteiger partial charge is 0.0928 e. The Hall–Kier alpha value is -0.410. The summed E-state index contributed by atoms with van der Waals surface area (Å²) in [5.41, 5.74) is 1.26. The third-order valence-electron chi connectivity index (χ3n) is 3.09. The van der Waals surface area contributed by atoms with Gasteiger partial charge < -0.3 is 5.32 Å². The van der Waals surface area contributed by atoms with Gasteiger partial charge in [0.25, 0.3) is 0 Å². The molecule has 1 aliphatic rings. The predicted molar refractivity (Wildman–Crippen MR) is 65.5 cm³/mol. The third-order valence-corrected chi connectivity index (χ3v) is 4.02. The molecule has 3 heteroatoms. The van der Waals surface area contributed by atoms with E-state index >= 15 is 0 Å². The van der Waals surface area contributed by atoms with Crippen molar-refractivity contribution in [2.75, 3.05) is 13.1 Å². The first-order valence-corrected chi connectivity index (χ1v) is 6.78. The second-order valence-corrected chi connectivity index (χ2v) is 5.66. The predicted octanol–water partition coefficient (Wildman–Crippen LogP) is 2.81. The van der Waals surface area contributed by atoms with Crippen molar-refractivity contribution in [2.45, 2.75) is 39.0 Å². The Morgan fingerprint density at radius 2 is 2.47 bits per heavy atom. The van der Waals surface area contributed by atoms with E-state index in [1.54, 1.807) is 0 Å². The van der Waals surface area contributed by atoms with Crippen LogP contribution in [0.1, 0.15) is 43.3 Å². The number of thiazole rings is 1. The molecule has 2 rings (SSSR count). The van der Waals surface area contributed by atoms with Crippen molar-refractivity contribution >= 4 is 11.3 Å². The first kappa shape index (κ1) is 11.1. The number of hydrogen-bond acceptors (Lipinski definition) is 3. The van der Waals surface area contributed by atoms with E-state index < -0.39 is 0 Å². The molecular weight excluding hydrogens is 204 g/mol. The van der Waals surface area contributed by atoms with Crippen LogP contribution in [0.25, 0.3) is 0 Å². The van der Waals surface area contributed by atoms with Gasteiger partial charge in [-0.05, 0) is 44.2 Å². The van der Waals surface area contributed by atoms with Crippen molar-refractivity contribution in [1.82, 2.24) is 10.3 Å². The number of nitrogens with one attached hydrogen (secondary N) is 1. The van der Waals surface area contributed by atoms with Crippen LogP contribution in [0, 0.1) is 5.92 Å². The van der Waals surface area contributed by atoms with E-state index in [1.165, 1.54) is 43.1 Å². The molecule has 1 fully saturated rings. The molecule has 0 aromatic carbocycles. The second kappa shape index (κ2) is 5.08. The lowest BCUT2D eigenvalue weighted by atomic mass is 10.0. The summed E-state index contributed by atoms with van der Waals surface area (Å²) in [7, 11) is 0. The number of nitrogens with zero attached hydrogens (tertiary/aromatic N) is 1. The van der Waals surface area contributed by atoms with E-state index in [2.05, 4.69) is 29.5 Å². The average molecular weight is 224 g/mol. The van der Waals surface area contributed by atoms with Gasteiger partial charge in [0.05, 0.1) is 10.7 Å². The molecule has 1 atom stereocenters. The van der Waals surface area contributed by atoms with E-state index in [-0.39, 0.29) is 0 Å². The van der Waals surface area contributed by atoms with Gasteiger partial charge in [-0.25, -0.2) is 4.98 Å². The van der Waals surface area contributed by atoms with Crippen LogP contribution in [-0.4, -0.2) is 18.1 Å². The number of hydrogen-bond donors (Lipinski definition) is 1. The Bertz CT molecular complexity index is 300. The number of aryl methyl sites for hydroxylation is 1. The van der Waals surface area contributed by atoms with Crippen molar-refractivity contribution in [3.8, 4) is 0 Å². The van der Waals surface area contributed by atoms with E-state index in [4.69, 9.17) is 0 Å². The third kappa shape index (κ3) is 3.02. The standard InChI is InChI=1S/C12H20N2S/c1-9(2)11-8-15-12(14-11)4-3-10-5-6-13-7-10/h8-10,13H,3-7H2,1-2H3. The Kier molecular flexibility index (Phi) is 3.76. The lowest BCUT2D eigenvalue weighted by Gasteiger charge is -2.05. The summed E-state index contributed by atoms with van der Waals surface area (Å²) in [5, 5.41) is 6.95. The number of aromatic nitrogens is 1. The minimum atomic E-state index is 0.572. The first-order valence-electron chi connectivity index (χ1n) is 5.90. The highest BCUT2D eigenvalue weighted by molar-refractivity contribution is 7.09. The minimum absolute atomic E-state index is 0.572. The molecule has 1 aliphatic heterocycles. The Morgan fingerprint density at radius 1 is 1.60 bits per heavy atom. The van der Waals surface area contributed by atoms with Gasteiger partial charge >= 0.3 is 0 Å².